The topological polar surface area (TPSA) is 72.9 Å². The third kappa shape index (κ3) is 1.33. The normalized spacial score (nSPS) is 9.73. The molecular weight excluding hydrogens is 168 g/mol. The van der Waals surface area contributed by atoms with E-state index in [4.69, 9.17) is 17.4 Å². The summed E-state index contributed by atoms with van der Waals surface area (Å²) in [7, 11) is 1.51. The van der Waals surface area contributed by atoms with Crippen molar-refractivity contribution in [3.8, 4) is 0 Å². The second kappa shape index (κ2) is 2.89. The van der Waals surface area contributed by atoms with Gasteiger partial charge in [0.05, 0.1) is 11.9 Å². The molecule has 1 rings (SSSR count). The molecule has 0 saturated heterocycles. The summed E-state index contributed by atoms with van der Waals surface area (Å²) < 4.78 is 1.13. The van der Waals surface area contributed by atoms with Crippen LogP contribution in [0.5, 0.6) is 0 Å². The first kappa shape index (κ1) is 8.03. The molecular formula is C5H7ClN4O. The van der Waals surface area contributed by atoms with E-state index < -0.39 is 0 Å². The maximum absolute atomic E-state index is 11.0. The molecule has 0 aliphatic heterocycles. The van der Waals surface area contributed by atoms with Gasteiger partial charge in [-0.1, -0.05) is 11.6 Å². The van der Waals surface area contributed by atoms with E-state index in [2.05, 4.69) is 10.5 Å². The van der Waals surface area contributed by atoms with Crippen LogP contribution in [0.4, 0.5) is 5.69 Å². The smallest absolute Gasteiger partial charge is 0.287 e. The number of aromatic nitrogens is 2. The minimum Gasteiger partial charge on any atom is -0.321 e. The van der Waals surface area contributed by atoms with Crippen molar-refractivity contribution in [2.24, 2.45) is 12.9 Å². The van der Waals surface area contributed by atoms with Crippen LogP contribution in [-0.2, 0) is 7.05 Å². The Morgan fingerprint density at radius 1 is 1.82 bits per heavy atom. The predicted octanol–water partition coefficient (Wildman–Crippen LogP) is -0.281. The van der Waals surface area contributed by atoms with Crippen molar-refractivity contribution >= 4 is 17.3 Å². The Bertz CT molecular complexity index is 321. The van der Waals surface area contributed by atoms with E-state index in [1.165, 1.54) is 13.2 Å². The fourth-order valence-corrected chi connectivity index (χ4v) is 0.837. The summed E-state index contributed by atoms with van der Waals surface area (Å²) in [6.45, 7) is 0. The summed E-state index contributed by atoms with van der Waals surface area (Å²) >= 11 is 5.58. The monoisotopic (exact) mass is 174 g/mol. The van der Waals surface area contributed by atoms with Crippen LogP contribution in [0, 0.1) is 0 Å². The summed E-state index contributed by atoms with van der Waals surface area (Å²) in [5.41, 5.74) is 2.21. The number of nitrogen functional groups attached to an aromatic ring is 1. The van der Waals surface area contributed by atoms with Crippen molar-refractivity contribution in [3.63, 3.8) is 0 Å². The molecule has 0 saturated carbocycles. The van der Waals surface area contributed by atoms with Gasteiger partial charge in [-0.25, -0.2) is 4.68 Å². The van der Waals surface area contributed by atoms with E-state index >= 15 is 0 Å². The van der Waals surface area contributed by atoms with Crippen LogP contribution < -0.4 is 16.8 Å². The molecule has 5 nitrogen and oxygen atoms in total. The van der Waals surface area contributed by atoms with Crippen LogP contribution in [0.25, 0.3) is 0 Å². The van der Waals surface area contributed by atoms with E-state index in [9.17, 15) is 4.79 Å². The SMILES string of the molecule is Cn1ncc(NN)c(Cl)c1=O. The van der Waals surface area contributed by atoms with E-state index in [-0.39, 0.29) is 10.6 Å². The van der Waals surface area contributed by atoms with E-state index in [0.717, 1.165) is 4.68 Å². The highest BCUT2D eigenvalue weighted by atomic mass is 35.5. The fourth-order valence-electron chi connectivity index (χ4n) is 0.611. The van der Waals surface area contributed by atoms with Gasteiger partial charge in [0.25, 0.3) is 5.56 Å². The quantitative estimate of drug-likeness (QED) is 0.454. The number of halogens is 1. The molecule has 1 aromatic heterocycles. The van der Waals surface area contributed by atoms with Gasteiger partial charge in [0.15, 0.2) is 0 Å². The highest BCUT2D eigenvalue weighted by molar-refractivity contribution is 6.32. The molecule has 0 radical (unpaired) electrons. The summed E-state index contributed by atoms with van der Waals surface area (Å²) in [6.07, 6.45) is 1.38. The molecule has 0 bridgehead atoms. The zero-order valence-electron chi connectivity index (χ0n) is 5.84. The van der Waals surface area contributed by atoms with Gasteiger partial charge in [-0.05, 0) is 0 Å². The minimum atomic E-state index is -0.373. The standard InChI is InChI=1S/C5H7ClN4O/c1-10-5(11)4(6)3(9-7)2-8-10/h2,9H,7H2,1H3. The Labute approximate surface area is 67.7 Å². The molecule has 0 atom stereocenters. The first-order valence-electron chi connectivity index (χ1n) is 2.85. The van der Waals surface area contributed by atoms with Crippen LogP contribution in [0.1, 0.15) is 0 Å². The second-order valence-corrected chi connectivity index (χ2v) is 2.32. The molecule has 0 fully saturated rings. The molecule has 1 heterocycles. The third-order valence-corrected chi connectivity index (χ3v) is 1.60. The zero-order chi connectivity index (χ0) is 8.43. The first-order valence-corrected chi connectivity index (χ1v) is 3.23. The number of anilines is 1. The number of hydrazine groups is 1. The number of aryl methyl sites for hydroxylation is 1. The van der Waals surface area contributed by atoms with Crippen LogP contribution in [-0.4, -0.2) is 9.78 Å². The lowest BCUT2D eigenvalue weighted by Crippen LogP contribution is -2.22. The number of nitrogens with two attached hydrogens (primary N) is 1. The van der Waals surface area contributed by atoms with Gasteiger partial charge in [0.2, 0.25) is 0 Å². The van der Waals surface area contributed by atoms with Crippen molar-refractivity contribution in [1.82, 2.24) is 9.78 Å². The fraction of sp³-hybridized carbons (Fsp3) is 0.200. The first-order chi connectivity index (χ1) is 5.16. The molecule has 6 heteroatoms. The molecule has 60 valence electrons. The van der Waals surface area contributed by atoms with E-state index in [1.807, 2.05) is 0 Å². The summed E-state index contributed by atoms with van der Waals surface area (Å²) in [5.74, 6) is 5.05. The van der Waals surface area contributed by atoms with E-state index in [1.54, 1.807) is 0 Å². The number of hydrogen-bond donors (Lipinski definition) is 2. The lowest BCUT2D eigenvalue weighted by molar-refractivity contribution is 0.708. The number of hydrogen-bond acceptors (Lipinski definition) is 4. The molecule has 1 aromatic rings. The predicted molar refractivity (Wildman–Crippen MR) is 42.3 cm³/mol. The number of nitrogens with zero attached hydrogens (tertiary/aromatic N) is 2. The Balaban J connectivity index is 3.37. The number of nitrogens with one attached hydrogen (secondary N) is 1. The molecule has 0 aromatic carbocycles. The maximum Gasteiger partial charge on any atom is 0.287 e. The van der Waals surface area contributed by atoms with Crippen LogP contribution in [0.2, 0.25) is 5.02 Å². The van der Waals surface area contributed by atoms with Crippen molar-refractivity contribution in [2.75, 3.05) is 5.43 Å². The Hall–Kier alpha value is -1.07. The Morgan fingerprint density at radius 2 is 2.45 bits per heavy atom. The van der Waals surface area contributed by atoms with Gasteiger partial charge in [0.1, 0.15) is 5.02 Å². The molecule has 0 unspecified atom stereocenters. The van der Waals surface area contributed by atoms with Gasteiger partial charge < -0.3 is 5.43 Å². The highest BCUT2D eigenvalue weighted by Gasteiger charge is 2.04. The van der Waals surface area contributed by atoms with Crippen LogP contribution >= 0.6 is 11.6 Å². The highest BCUT2D eigenvalue weighted by Crippen LogP contribution is 2.12. The third-order valence-electron chi connectivity index (χ3n) is 1.23. The van der Waals surface area contributed by atoms with Crippen molar-refractivity contribution < 1.29 is 0 Å². The molecule has 0 aliphatic rings. The number of rotatable bonds is 1. The van der Waals surface area contributed by atoms with Crippen LogP contribution in [0.3, 0.4) is 0 Å². The molecule has 11 heavy (non-hydrogen) atoms. The summed E-state index contributed by atoms with van der Waals surface area (Å²) in [4.78, 5) is 11.0. The Kier molecular flexibility index (Phi) is 2.11. The average Bonchev–Trinajstić information content (AvgIpc) is 2.01. The lowest BCUT2D eigenvalue weighted by atomic mass is 10.5. The van der Waals surface area contributed by atoms with Gasteiger partial charge in [-0.15, -0.1) is 0 Å². The lowest BCUT2D eigenvalue weighted by Gasteiger charge is -2.01. The van der Waals surface area contributed by atoms with Crippen molar-refractivity contribution in [2.45, 2.75) is 0 Å². The molecule has 3 N–H and O–H groups in total. The van der Waals surface area contributed by atoms with Crippen molar-refractivity contribution in [1.29, 1.82) is 0 Å². The average molecular weight is 175 g/mol. The van der Waals surface area contributed by atoms with Gasteiger partial charge in [0, 0.05) is 7.05 Å². The zero-order valence-corrected chi connectivity index (χ0v) is 6.59. The van der Waals surface area contributed by atoms with Gasteiger partial charge >= 0.3 is 0 Å². The summed E-state index contributed by atoms with van der Waals surface area (Å²) in [5, 5.41) is 3.73. The maximum atomic E-state index is 11.0. The molecule has 0 aliphatic carbocycles. The van der Waals surface area contributed by atoms with Gasteiger partial charge in [-0.2, -0.15) is 5.10 Å². The molecule has 0 spiro atoms. The van der Waals surface area contributed by atoms with Crippen molar-refractivity contribution in [3.05, 3.63) is 21.6 Å². The second-order valence-electron chi connectivity index (χ2n) is 1.95. The van der Waals surface area contributed by atoms with E-state index in [0.29, 0.717) is 5.69 Å². The van der Waals surface area contributed by atoms with Gasteiger partial charge in [-0.3, -0.25) is 10.6 Å². The summed E-state index contributed by atoms with van der Waals surface area (Å²) in [6, 6.07) is 0. The van der Waals surface area contributed by atoms with Crippen LogP contribution in [0.15, 0.2) is 11.0 Å². The largest absolute Gasteiger partial charge is 0.321 e. The minimum absolute atomic E-state index is 0.0463. The Morgan fingerprint density at radius 3 is 3.00 bits per heavy atom. The molecule has 0 amide bonds.